The minimum atomic E-state index is -0.0947. The van der Waals surface area contributed by atoms with E-state index in [0.29, 0.717) is 10.7 Å². The fraction of sp³-hybridized carbons (Fsp3) is 0.222. The van der Waals surface area contributed by atoms with Gasteiger partial charge in [0.25, 0.3) is 0 Å². The lowest BCUT2D eigenvalue weighted by Gasteiger charge is -2.10. The summed E-state index contributed by atoms with van der Waals surface area (Å²) in [7, 11) is 0. The first kappa shape index (κ1) is 15.6. The van der Waals surface area contributed by atoms with Gasteiger partial charge in [-0.25, -0.2) is 4.98 Å². The molecule has 0 aliphatic heterocycles. The zero-order valence-corrected chi connectivity index (χ0v) is 13.9. The lowest BCUT2D eigenvalue weighted by molar-refractivity contribution is -0.116. The number of anilines is 1. The summed E-state index contributed by atoms with van der Waals surface area (Å²) in [4.78, 5) is 17.0. The molecule has 2 aromatic carbocycles. The average Bonchev–Trinajstić information content (AvgIpc) is 2.89. The molecule has 5 heteroatoms. The molecule has 3 rings (SSSR count). The number of amides is 1. The number of para-hydroxylation sites is 2. The summed E-state index contributed by atoms with van der Waals surface area (Å²) in [5, 5.41) is 3.54. The van der Waals surface area contributed by atoms with Crippen molar-refractivity contribution in [1.29, 1.82) is 0 Å². The van der Waals surface area contributed by atoms with Crippen LogP contribution in [0.3, 0.4) is 0 Å². The van der Waals surface area contributed by atoms with Gasteiger partial charge in [0.2, 0.25) is 5.91 Å². The summed E-state index contributed by atoms with van der Waals surface area (Å²) in [6.45, 7) is 4.20. The number of benzene rings is 2. The highest BCUT2D eigenvalue weighted by Crippen LogP contribution is 2.21. The second-order valence-electron chi connectivity index (χ2n) is 5.47. The zero-order chi connectivity index (χ0) is 16.4. The van der Waals surface area contributed by atoms with E-state index in [1.165, 1.54) is 0 Å². The number of aromatic nitrogens is 2. The monoisotopic (exact) mass is 327 g/mol. The van der Waals surface area contributed by atoms with Crippen LogP contribution in [0, 0.1) is 6.92 Å². The van der Waals surface area contributed by atoms with Crippen LogP contribution >= 0.6 is 11.6 Å². The van der Waals surface area contributed by atoms with Crippen LogP contribution in [0.2, 0.25) is 5.02 Å². The Labute approximate surface area is 140 Å². The van der Waals surface area contributed by atoms with Crippen LogP contribution < -0.4 is 5.32 Å². The summed E-state index contributed by atoms with van der Waals surface area (Å²) in [6, 6.07) is 13.4. The molecule has 23 heavy (non-hydrogen) atoms. The third-order valence-corrected chi connectivity index (χ3v) is 4.21. The molecule has 118 valence electrons. The van der Waals surface area contributed by atoms with Crippen molar-refractivity contribution in [2.75, 3.05) is 5.32 Å². The summed E-state index contributed by atoms with van der Waals surface area (Å²) >= 11 is 6.10. The van der Waals surface area contributed by atoms with Gasteiger partial charge in [0.15, 0.2) is 0 Å². The molecule has 0 unspecified atom stereocenters. The maximum Gasteiger partial charge on any atom is 0.244 e. The highest BCUT2D eigenvalue weighted by molar-refractivity contribution is 6.31. The van der Waals surface area contributed by atoms with Crippen molar-refractivity contribution >= 4 is 34.2 Å². The second kappa shape index (κ2) is 6.42. The maximum absolute atomic E-state index is 12.4. The number of nitrogens with one attached hydrogen (secondary N) is 1. The summed E-state index contributed by atoms with van der Waals surface area (Å²) in [5.41, 5.74) is 3.57. The van der Waals surface area contributed by atoms with Gasteiger partial charge in [-0.3, -0.25) is 4.79 Å². The molecule has 4 nitrogen and oxygen atoms in total. The Hall–Kier alpha value is -2.33. The molecule has 0 saturated heterocycles. The van der Waals surface area contributed by atoms with Crippen molar-refractivity contribution in [3.8, 4) is 0 Å². The molecular formula is C18H18ClN3O. The van der Waals surface area contributed by atoms with E-state index < -0.39 is 0 Å². The molecule has 0 radical (unpaired) electrons. The first-order chi connectivity index (χ1) is 11.1. The Balaban J connectivity index is 1.83. The van der Waals surface area contributed by atoms with Crippen molar-refractivity contribution in [1.82, 2.24) is 9.55 Å². The van der Waals surface area contributed by atoms with Crippen molar-refractivity contribution < 1.29 is 4.79 Å². The van der Waals surface area contributed by atoms with E-state index in [2.05, 4.69) is 10.3 Å². The number of carbonyl (C=O) groups excluding carboxylic acids is 1. The predicted octanol–water partition coefficient (Wildman–Crippen LogP) is 4.20. The number of nitrogens with zero attached hydrogens (tertiary/aromatic N) is 2. The van der Waals surface area contributed by atoms with E-state index in [1.807, 2.05) is 54.8 Å². The summed E-state index contributed by atoms with van der Waals surface area (Å²) < 4.78 is 1.96. The minimum absolute atomic E-state index is 0.0947. The highest BCUT2D eigenvalue weighted by Gasteiger charge is 2.12. The van der Waals surface area contributed by atoms with Gasteiger partial charge in [0, 0.05) is 17.1 Å². The molecule has 0 bridgehead atoms. The topological polar surface area (TPSA) is 46.9 Å². The van der Waals surface area contributed by atoms with Crippen LogP contribution in [0.5, 0.6) is 0 Å². The zero-order valence-electron chi connectivity index (χ0n) is 13.1. The fourth-order valence-electron chi connectivity index (χ4n) is 2.59. The van der Waals surface area contributed by atoms with E-state index in [1.54, 1.807) is 6.07 Å². The van der Waals surface area contributed by atoms with Gasteiger partial charge in [-0.15, -0.1) is 0 Å². The Bertz CT molecular complexity index is 870. The van der Waals surface area contributed by atoms with Gasteiger partial charge < -0.3 is 9.88 Å². The quantitative estimate of drug-likeness (QED) is 0.780. The van der Waals surface area contributed by atoms with E-state index in [-0.39, 0.29) is 12.5 Å². The highest BCUT2D eigenvalue weighted by atomic mass is 35.5. The van der Waals surface area contributed by atoms with E-state index >= 15 is 0 Å². The number of halogens is 1. The molecule has 0 aliphatic carbocycles. The molecule has 1 N–H and O–H groups in total. The first-order valence-corrected chi connectivity index (χ1v) is 7.96. The largest absolute Gasteiger partial charge is 0.324 e. The van der Waals surface area contributed by atoms with Gasteiger partial charge in [-0.05, 0) is 36.8 Å². The Morgan fingerprint density at radius 1 is 1.26 bits per heavy atom. The number of carbonyl (C=O) groups is 1. The van der Waals surface area contributed by atoms with Crippen LogP contribution in [0.15, 0.2) is 42.5 Å². The van der Waals surface area contributed by atoms with Crippen LogP contribution in [0.1, 0.15) is 18.3 Å². The average molecular weight is 328 g/mol. The van der Waals surface area contributed by atoms with Gasteiger partial charge >= 0.3 is 0 Å². The third kappa shape index (κ3) is 3.22. The van der Waals surface area contributed by atoms with Crippen molar-refractivity contribution in [3.63, 3.8) is 0 Å². The van der Waals surface area contributed by atoms with Crippen LogP contribution in [0.25, 0.3) is 11.0 Å². The Morgan fingerprint density at radius 2 is 2.04 bits per heavy atom. The molecule has 1 amide bonds. The predicted molar refractivity (Wildman–Crippen MR) is 93.9 cm³/mol. The van der Waals surface area contributed by atoms with Crippen LogP contribution in [0.4, 0.5) is 5.69 Å². The third-order valence-electron chi connectivity index (χ3n) is 3.81. The van der Waals surface area contributed by atoms with Crippen LogP contribution in [-0.4, -0.2) is 15.5 Å². The number of hydrogen-bond acceptors (Lipinski definition) is 2. The minimum Gasteiger partial charge on any atom is -0.324 e. The van der Waals surface area contributed by atoms with Gasteiger partial charge in [-0.1, -0.05) is 36.7 Å². The molecule has 0 atom stereocenters. The molecule has 1 heterocycles. The standard InChI is InChI=1S/C18H18ClN3O/c1-3-17-21-15-6-4-5-7-16(15)22(17)11-18(23)20-13-9-8-12(2)14(19)10-13/h4-10H,3,11H2,1-2H3,(H,20,23). The van der Waals surface area contributed by atoms with Gasteiger partial charge in [-0.2, -0.15) is 0 Å². The molecule has 0 saturated carbocycles. The number of fused-ring (bicyclic) bond motifs is 1. The molecule has 3 aromatic rings. The Kier molecular flexibility index (Phi) is 4.35. The number of hydrogen-bond donors (Lipinski definition) is 1. The second-order valence-corrected chi connectivity index (χ2v) is 5.88. The molecule has 1 aromatic heterocycles. The smallest absolute Gasteiger partial charge is 0.244 e. The van der Waals surface area contributed by atoms with Crippen molar-refractivity contribution in [2.45, 2.75) is 26.8 Å². The Morgan fingerprint density at radius 3 is 2.78 bits per heavy atom. The first-order valence-electron chi connectivity index (χ1n) is 7.58. The number of rotatable bonds is 4. The lowest BCUT2D eigenvalue weighted by Crippen LogP contribution is -2.20. The summed E-state index contributed by atoms with van der Waals surface area (Å²) in [6.07, 6.45) is 0.776. The lowest BCUT2D eigenvalue weighted by atomic mass is 10.2. The summed E-state index contributed by atoms with van der Waals surface area (Å²) in [5.74, 6) is 0.811. The van der Waals surface area contributed by atoms with Gasteiger partial charge in [0.1, 0.15) is 12.4 Å². The van der Waals surface area contributed by atoms with E-state index in [9.17, 15) is 4.79 Å². The molecule has 0 spiro atoms. The number of imidazole rings is 1. The van der Waals surface area contributed by atoms with Crippen molar-refractivity contribution in [3.05, 3.63) is 58.9 Å². The molecule has 0 fully saturated rings. The molecule has 0 aliphatic rings. The molecular weight excluding hydrogens is 310 g/mol. The van der Waals surface area contributed by atoms with Crippen molar-refractivity contribution in [2.24, 2.45) is 0 Å². The van der Waals surface area contributed by atoms with Crippen LogP contribution in [-0.2, 0) is 17.8 Å². The van der Waals surface area contributed by atoms with Gasteiger partial charge in [0.05, 0.1) is 11.0 Å². The SMILES string of the molecule is CCc1nc2ccccc2n1CC(=O)Nc1ccc(C)c(Cl)c1. The normalized spacial score (nSPS) is 10.9. The van der Waals surface area contributed by atoms with E-state index in [0.717, 1.165) is 28.8 Å². The van der Waals surface area contributed by atoms with E-state index in [4.69, 9.17) is 11.6 Å². The maximum atomic E-state index is 12.4. The number of aryl methyl sites for hydroxylation is 2. The fourth-order valence-corrected chi connectivity index (χ4v) is 2.77.